The van der Waals surface area contributed by atoms with E-state index < -0.39 is 0 Å². The number of rotatable bonds is 6. The molecule has 4 aromatic carbocycles. The van der Waals surface area contributed by atoms with Crippen LogP contribution in [0.15, 0.2) is 141 Å². The molecule has 10 heteroatoms. The van der Waals surface area contributed by atoms with Crippen molar-refractivity contribution in [2.24, 2.45) is 23.4 Å². The molecule has 0 saturated carbocycles. The number of H-pyrrole nitrogens is 3. The van der Waals surface area contributed by atoms with Gasteiger partial charge in [0.2, 0.25) is 0 Å². The number of nitrogens with zero attached hydrogens (tertiary/aromatic N) is 3. The lowest BCUT2D eigenvalue weighted by Crippen LogP contribution is -2.02. The maximum absolute atomic E-state index is 4.63. The quantitative estimate of drug-likeness (QED) is 0.0571. The minimum absolute atomic E-state index is 0.882. The first kappa shape index (κ1) is 35.6. The van der Waals surface area contributed by atoms with Gasteiger partial charge in [0.1, 0.15) is 0 Å². The van der Waals surface area contributed by atoms with Crippen molar-refractivity contribution >= 4 is 0 Å². The van der Waals surface area contributed by atoms with E-state index in [1.54, 1.807) is 0 Å². The summed E-state index contributed by atoms with van der Waals surface area (Å²) in [5, 5.41) is 23.2. The summed E-state index contributed by atoms with van der Waals surface area (Å²) in [6.07, 6.45) is 0. The summed E-state index contributed by atoms with van der Waals surface area (Å²) in [6, 6.07) is 43.3. The van der Waals surface area contributed by atoms with E-state index in [-0.39, 0.29) is 0 Å². The average Bonchev–Trinajstić information content (AvgIpc) is 3.98. The molecule has 3 heterocycles. The van der Waals surface area contributed by atoms with E-state index in [4.69, 9.17) is 0 Å². The first-order chi connectivity index (χ1) is 23.3. The van der Waals surface area contributed by atoms with Crippen LogP contribution in [0, 0.1) is 0 Å². The maximum atomic E-state index is 4.63. The number of nitrogens with one attached hydrogen (secondary N) is 3. The van der Waals surface area contributed by atoms with Crippen LogP contribution in [0.3, 0.4) is 0 Å². The fraction of sp³-hybridized carbons (Fsp3) is 0.0541. The number of hydrogen-bond donors (Lipinski definition) is 7. The van der Waals surface area contributed by atoms with Gasteiger partial charge in [-0.15, -0.1) is 13.2 Å². The van der Waals surface area contributed by atoms with Gasteiger partial charge in [0.15, 0.2) is 0 Å². The molecule has 7 aromatic rings. The van der Waals surface area contributed by atoms with Crippen LogP contribution in [-0.2, 0) is 0 Å². The van der Waals surface area contributed by atoms with Crippen LogP contribution in [-0.4, -0.2) is 30.6 Å². The summed E-state index contributed by atoms with van der Waals surface area (Å²) in [5.41, 5.74) is 12.0. The van der Waals surface area contributed by atoms with Gasteiger partial charge in [-0.1, -0.05) is 111 Å². The normalized spacial score (nSPS) is 9.66. The Balaban J connectivity index is 0.000000700. The van der Waals surface area contributed by atoms with E-state index in [0.29, 0.717) is 0 Å². The fourth-order valence-electron chi connectivity index (χ4n) is 4.77. The molecule has 0 radical (unpaired) electrons. The Morgan fingerprint density at radius 3 is 1.02 bits per heavy atom. The van der Waals surface area contributed by atoms with Gasteiger partial charge in [-0.2, -0.15) is 15.3 Å². The third-order valence-electron chi connectivity index (χ3n) is 6.83. The molecule has 0 aliphatic heterocycles. The lowest BCUT2D eigenvalue weighted by Gasteiger charge is -2.02. The highest BCUT2D eigenvalue weighted by atomic mass is 15.1. The van der Waals surface area contributed by atoms with Gasteiger partial charge in [0.25, 0.3) is 0 Å². The number of hydrogen-bond acceptors (Lipinski definition) is 7. The molecule has 0 atom stereocenters. The fourth-order valence-corrected chi connectivity index (χ4v) is 4.77. The summed E-state index contributed by atoms with van der Waals surface area (Å²) in [5.74, 6) is 16.0. The standard InChI is InChI=1S/C33H24N6.C2H6.C2H4.2H4N2/c1-3-9-22(10-4-1)28-19-30(36-34-28)24-13-7-15-26(17-24)32-21-33(39-38-32)27-16-8-14-25(18-27)31-20-29(35-37-31)23-11-5-2-6-12-23;4*1-2/h1-21H,(H,34,36)(H,35,37)(H,38,39);1-2H3;3*1-2H2. The first-order valence-corrected chi connectivity index (χ1v) is 15.0. The maximum Gasteiger partial charge on any atom is 0.0927 e. The molecule has 11 N–H and O–H groups in total. The van der Waals surface area contributed by atoms with Crippen molar-refractivity contribution in [1.82, 2.24) is 30.6 Å². The molecule has 0 saturated heterocycles. The van der Waals surface area contributed by atoms with Crippen molar-refractivity contribution in [3.05, 3.63) is 141 Å². The van der Waals surface area contributed by atoms with Gasteiger partial charge in [0.05, 0.1) is 34.2 Å². The Morgan fingerprint density at radius 2 is 0.660 bits per heavy atom. The molecule has 0 aliphatic rings. The third-order valence-corrected chi connectivity index (χ3v) is 6.83. The minimum Gasteiger partial charge on any atom is -0.277 e. The summed E-state index contributed by atoms with van der Waals surface area (Å²) in [6.45, 7) is 10.0. The van der Waals surface area contributed by atoms with Crippen LogP contribution in [0.25, 0.3) is 67.5 Å². The highest BCUT2D eigenvalue weighted by Crippen LogP contribution is 2.31. The molecular weight excluding hydrogens is 584 g/mol. The van der Waals surface area contributed by atoms with E-state index in [2.05, 4.69) is 152 Å². The molecule has 47 heavy (non-hydrogen) atoms. The lowest BCUT2D eigenvalue weighted by atomic mass is 10.0. The third kappa shape index (κ3) is 8.85. The Hall–Kier alpha value is -5.91. The second-order valence-corrected chi connectivity index (χ2v) is 9.39. The topological polar surface area (TPSA) is 190 Å². The molecule has 10 nitrogen and oxygen atoms in total. The van der Waals surface area contributed by atoms with Crippen LogP contribution < -0.4 is 23.4 Å². The van der Waals surface area contributed by atoms with Gasteiger partial charge in [-0.3, -0.25) is 38.7 Å². The monoisotopic (exact) mass is 626 g/mol. The molecular formula is C37H42N10. The predicted molar refractivity (Wildman–Crippen MR) is 195 cm³/mol. The van der Waals surface area contributed by atoms with E-state index in [0.717, 1.165) is 67.5 Å². The highest BCUT2D eigenvalue weighted by Gasteiger charge is 2.11. The largest absolute Gasteiger partial charge is 0.277 e. The lowest BCUT2D eigenvalue weighted by molar-refractivity contribution is 1.09. The van der Waals surface area contributed by atoms with Gasteiger partial charge < -0.3 is 0 Å². The first-order valence-electron chi connectivity index (χ1n) is 15.0. The molecule has 0 fully saturated rings. The summed E-state index contributed by atoms with van der Waals surface area (Å²) in [7, 11) is 0. The average molecular weight is 627 g/mol. The predicted octanol–water partition coefficient (Wildman–Crippen LogP) is 7.32. The van der Waals surface area contributed by atoms with Crippen molar-refractivity contribution in [3.63, 3.8) is 0 Å². The molecule has 7 rings (SSSR count). The summed E-state index contributed by atoms with van der Waals surface area (Å²) >= 11 is 0. The number of aromatic nitrogens is 6. The number of nitrogens with two attached hydrogens (primary N) is 4. The smallest absolute Gasteiger partial charge is 0.0927 e. The van der Waals surface area contributed by atoms with Crippen molar-refractivity contribution in [2.45, 2.75) is 13.8 Å². The highest BCUT2D eigenvalue weighted by molar-refractivity contribution is 5.77. The Labute approximate surface area is 275 Å². The van der Waals surface area contributed by atoms with Gasteiger partial charge in [0, 0.05) is 33.4 Å². The van der Waals surface area contributed by atoms with Gasteiger partial charge in [-0.25, -0.2) is 0 Å². The van der Waals surface area contributed by atoms with Gasteiger partial charge in [-0.05, 0) is 30.3 Å². The number of benzene rings is 4. The summed E-state index contributed by atoms with van der Waals surface area (Å²) < 4.78 is 0. The zero-order valence-electron chi connectivity index (χ0n) is 26.7. The minimum atomic E-state index is 0.882. The van der Waals surface area contributed by atoms with Crippen molar-refractivity contribution in [1.29, 1.82) is 0 Å². The Kier molecular flexibility index (Phi) is 14.2. The van der Waals surface area contributed by atoms with E-state index >= 15 is 0 Å². The second kappa shape index (κ2) is 18.8. The van der Waals surface area contributed by atoms with Crippen molar-refractivity contribution < 1.29 is 0 Å². The molecule has 0 bridgehead atoms. The van der Waals surface area contributed by atoms with Gasteiger partial charge >= 0.3 is 0 Å². The molecule has 3 aromatic heterocycles. The van der Waals surface area contributed by atoms with Crippen LogP contribution >= 0.6 is 0 Å². The van der Waals surface area contributed by atoms with E-state index in [1.165, 1.54) is 0 Å². The number of aromatic amines is 3. The molecule has 0 spiro atoms. The second-order valence-electron chi connectivity index (χ2n) is 9.39. The molecule has 240 valence electrons. The van der Waals surface area contributed by atoms with E-state index in [9.17, 15) is 0 Å². The van der Waals surface area contributed by atoms with Crippen molar-refractivity contribution in [2.75, 3.05) is 0 Å². The Bertz CT molecular complexity index is 1750. The summed E-state index contributed by atoms with van der Waals surface area (Å²) in [4.78, 5) is 0. The zero-order chi connectivity index (χ0) is 34.0. The van der Waals surface area contributed by atoms with E-state index in [1.807, 2.05) is 56.3 Å². The zero-order valence-corrected chi connectivity index (χ0v) is 26.7. The molecule has 0 amide bonds. The van der Waals surface area contributed by atoms with Crippen LogP contribution in [0.1, 0.15) is 13.8 Å². The van der Waals surface area contributed by atoms with Crippen LogP contribution in [0.5, 0.6) is 0 Å². The number of hydrazine groups is 2. The Morgan fingerprint density at radius 1 is 0.383 bits per heavy atom. The molecule has 0 unspecified atom stereocenters. The SMILES string of the molecule is C=C.CC.NN.NN.c1ccc(-c2cc(-c3cccc(-c4cc(-c5cccc(-c6cc(-c7ccccc7)n[nH]6)c5)[nH]n4)c3)[nH]n2)cc1. The molecule has 0 aliphatic carbocycles. The van der Waals surface area contributed by atoms with Crippen molar-refractivity contribution in [3.8, 4) is 67.5 Å². The van der Waals surface area contributed by atoms with Crippen LogP contribution in [0.2, 0.25) is 0 Å². The van der Waals surface area contributed by atoms with Crippen LogP contribution in [0.4, 0.5) is 0 Å².